The second-order valence-corrected chi connectivity index (χ2v) is 3.67. The van der Waals surface area contributed by atoms with Crippen LogP contribution in [0.2, 0.25) is 0 Å². The third-order valence-corrected chi connectivity index (χ3v) is 2.45. The highest BCUT2D eigenvalue weighted by molar-refractivity contribution is 5.36. The number of aromatic nitrogens is 2. The second kappa shape index (κ2) is 5.08. The number of nitriles is 1. The van der Waals surface area contributed by atoms with Crippen molar-refractivity contribution in [1.29, 1.82) is 5.26 Å². The molecule has 0 saturated carbocycles. The number of anilines is 1. The molecule has 0 aliphatic rings. The number of hydrogen-bond donors (Lipinski definition) is 1. The van der Waals surface area contributed by atoms with Gasteiger partial charge in [0, 0.05) is 12.4 Å². The maximum absolute atomic E-state index is 8.72. The Morgan fingerprint density at radius 3 is 2.41 bits per heavy atom. The van der Waals surface area contributed by atoms with Crippen molar-refractivity contribution in [2.75, 3.05) is 5.32 Å². The summed E-state index contributed by atoms with van der Waals surface area (Å²) in [6.45, 7) is 2.03. The van der Waals surface area contributed by atoms with Gasteiger partial charge in [-0.25, -0.2) is 9.97 Å². The number of benzene rings is 1. The van der Waals surface area contributed by atoms with Gasteiger partial charge in [-0.15, -0.1) is 0 Å². The Balaban J connectivity index is 2.10. The van der Waals surface area contributed by atoms with Gasteiger partial charge >= 0.3 is 0 Å². The van der Waals surface area contributed by atoms with E-state index in [2.05, 4.69) is 21.4 Å². The second-order valence-electron chi connectivity index (χ2n) is 3.67. The largest absolute Gasteiger partial charge is 0.348 e. The molecule has 2 rings (SSSR count). The molecule has 1 heterocycles. The minimum Gasteiger partial charge on any atom is -0.348 e. The standard InChI is InChI=1S/C13H12N4/c1-10(17-13-15-7-2-8-16-13)12-5-3-11(9-14)4-6-12/h2-8,10H,1H3,(H,15,16,17)/t10-/m0/s1. The van der Waals surface area contributed by atoms with Crippen LogP contribution in [0.25, 0.3) is 0 Å². The minimum absolute atomic E-state index is 0.102. The molecule has 0 bridgehead atoms. The van der Waals surface area contributed by atoms with Crippen molar-refractivity contribution in [3.05, 3.63) is 53.9 Å². The monoisotopic (exact) mass is 224 g/mol. The first-order valence-corrected chi connectivity index (χ1v) is 5.33. The van der Waals surface area contributed by atoms with Gasteiger partial charge in [0.15, 0.2) is 0 Å². The summed E-state index contributed by atoms with van der Waals surface area (Å²) in [6, 6.07) is 11.4. The van der Waals surface area contributed by atoms with Gasteiger partial charge in [-0.3, -0.25) is 0 Å². The lowest BCUT2D eigenvalue weighted by molar-refractivity contribution is 0.860. The van der Waals surface area contributed by atoms with E-state index in [9.17, 15) is 0 Å². The predicted octanol–water partition coefficient (Wildman–Crippen LogP) is 2.52. The van der Waals surface area contributed by atoms with Gasteiger partial charge in [0.1, 0.15) is 0 Å². The van der Waals surface area contributed by atoms with E-state index < -0.39 is 0 Å². The fraction of sp³-hybridized carbons (Fsp3) is 0.154. The number of nitrogens with zero attached hydrogens (tertiary/aromatic N) is 3. The number of hydrogen-bond acceptors (Lipinski definition) is 4. The molecule has 0 spiro atoms. The Bertz CT molecular complexity index is 513. The Labute approximate surface area is 100.0 Å². The van der Waals surface area contributed by atoms with Crippen molar-refractivity contribution >= 4 is 5.95 Å². The summed E-state index contributed by atoms with van der Waals surface area (Å²) in [4.78, 5) is 8.21. The topological polar surface area (TPSA) is 61.6 Å². The predicted molar refractivity (Wildman–Crippen MR) is 65.2 cm³/mol. The highest BCUT2D eigenvalue weighted by Crippen LogP contribution is 2.16. The molecule has 84 valence electrons. The fourth-order valence-electron chi connectivity index (χ4n) is 1.50. The summed E-state index contributed by atoms with van der Waals surface area (Å²) < 4.78 is 0. The van der Waals surface area contributed by atoms with E-state index in [1.165, 1.54) is 0 Å². The molecule has 0 unspecified atom stereocenters. The first-order valence-electron chi connectivity index (χ1n) is 5.33. The van der Waals surface area contributed by atoms with E-state index in [1.807, 2.05) is 19.1 Å². The average Bonchev–Trinajstić information content (AvgIpc) is 2.40. The summed E-state index contributed by atoms with van der Waals surface area (Å²) in [6.07, 6.45) is 3.39. The van der Waals surface area contributed by atoms with Crippen molar-refractivity contribution in [3.63, 3.8) is 0 Å². The molecule has 0 radical (unpaired) electrons. The highest BCUT2D eigenvalue weighted by atomic mass is 15.1. The van der Waals surface area contributed by atoms with Gasteiger partial charge in [-0.2, -0.15) is 5.26 Å². The molecule has 0 saturated heterocycles. The van der Waals surface area contributed by atoms with E-state index >= 15 is 0 Å². The molecule has 0 aliphatic carbocycles. The van der Waals surface area contributed by atoms with E-state index in [0.29, 0.717) is 11.5 Å². The van der Waals surface area contributed by atoms with E-state index in [4.69, 9.17) is 5.26 Å². The summed E-state index contributed by atoms with van der Waals surface area (Å²) in [5.74, 6) is 0.601. The first kappa shape index (κ1) is 11.1. The first-order chi connectivity index (χ1) is 8.29. The lowest BCUT2D eigenvalue weighted by atomic mass is 10.1. The molecule has 0 fully saturated rings. The molecular weight excluding hydrogens is 212 g/mol. The van der Waals surface area contributed by atoms with Gasteiger partial charge < -0.3 is 5.32 Å². The molecule has 1 N–H and O–H groups in total. The van der Waals surface area contributed by atoms with Crippen molar-refractivity contribution < 1.29 is 0 Å². The van der Waals surface area contributed by atoms with Crippen LogP contribution in [0, 0.1) is 11.3 Å². The van der Waals surface area contributed by atoms with Crippen LogP contribution < -0.4 is 5.32 Å². The molecule has 0 amide bonds. The molecule has 2 aromatic rings. The van der Waals surface area contributed by atoms with Crippen LogP contribution in [0.1, 0.15) is 24.1 Å². The smallest absolute Gasteiger partial charge is 0.223 e. The molecule has 0 aliphatic heterocycles. The SMILES string of the molecule is C[C@H](Nc1ncccn1)c1ccc(C#N)cc1. The zero-order valence-corrected chi connectivity index (χ0v) is 9.46. The van der Waals surface area contributed by atoms with Gasteiger partial charge in [-0.05, 0) is 30.7 Å². The molecular formula is C13H12N4. The summed E-state index contributed by atoms with van der Waals surface area (Å²) in [5.41, 5.74) is 1.76. The summed E-state index contributed by atoms with van der Waals surface area (Å²) in [5, 5.41) is 11.9. The molecule has 1 atom stereocenters. The Morgan fingerprint density at radius 1 is 1.18 bits per heavy atom. The molecule has 1 aromatic heterocycles. The Kier molecular flexibility index (Phi) is 3.31. The highest BCUT2D eigenvalue weighted by Gasteiger charge is 2.06. The normalized spacial score (nSPS) is 11.5. The van der Waals surface area contributed by atoms with Gasteiger partial charge in [-0.1, -0.05) is 12.1 Å². The third-order valence-electron chi connectivity index (χ3n) is 2.45. The molecule has 4 nitrogen and oxygen atoms in total. The van der Waals surface area contributed by atoms with E-state index in [-0.39, 0.29) is 6.04 Å². The van der Waals surface area contributed by atoms with Crippen molar-refractivity contribution in [2.24, 2.45) is 0 Å². The van der Waals surface area contributed by atoms with Crippen LogP contribution in [-0.4, -0.2) is 9.97 Å². The van der Waals surface area contributed by atoms with Crippen LogP contribution in [0.15, 0.2) is 42.7 Å². The van der Waals surface area contributed by atoms with E-state index in [1.54, 1.807) is 30.6 Å². The molecule has 1 aromatic carbocycles. The summed E-state index contributed by atoms with van der Waals surface area (Å²) in [7, 11) is 0. The Morgan fingerprint density at radius 2 is 1.82 bits per heavy atom. The maximum atomic E-state index is 8.72. The third kappa shape index (κ3) is 2.79. The van der Waals surface area contributed by atoms with Crippen LogP contribution in [-0.2, 0) is 0 Å². The lowest BCUT2D eigenvalue weighted by Gasteiger charge is -2.13. The van der Waals surface area contributed by atoms with Gasteiger partial charge in [0.2, 0.25) is 5.95 Å². The Hall–Kier alpha value is -2.41. The summed E-state index contributed by atoms with van der Waals surface area (Å²) >= 11 is 0. The van der Waals surface area contributed by atoms with Crippen LogP contribution in [0.3, 0.4) is 0 Å². The van der Waals surface area contributed by atoms with Gasteiger partial charge in [0.25, 0.3) is 0 Å². The quantitative estimate of drug-likeness (QED) is 0.870. The number of nitrogens with one attached hydrogen (secondary N) is 1. The number of rotatable bonds is 3. The van der Waals surface area contributed by atoms with Gasteiger partial charge in [0.05, 0.1) is 17.7 Å². The van der Waals surface area contributed by atoms with Crippen molar-refractivity contribution in [3.8, 4) is 6.07 Å². The van der Waals surface area contributed by atoms with Crippen LogP contribution >= 0.6 is 0 Å². The van der Waals surface area contributed by atoms with Crippen LogP contribution in [0.4, 0.5) is 5.95 Å². The lowest BCUT2D eigenvalue weighted by Crippen LogP contribution is -2.08. The fourth-order valence-corrected chi connectivity index (χ4v) is 1.50. The maximum Gasteiger partial charge on any atom is 0.223 e. The van der Waals surface area contributed by atoms with Crippen LogP contribution in [0.5, 0.6) is 0 Å². The molecule has 4 heteroatoms. The van der Waals surface area contributed by atoms with Crippen molar-refractivity contribution in [1.82, 2.24) is 9.97 Å². The minimum atomic E-state index is 0.102. The van der Waals surface area contributed by atoms with E-state index in [0.717, 1.165) is 5.56 Å². The van der Waals surface area contributed by atoms with Crippen molar-refractivity contribution in [2.45, 2.75) is 13.0 Å². The molecule has 17 heavy (non-hydrogen) atoms. The average molecular weight is 224 g/mol. The zero-order valence-electron chi connectivity index (χ0n) is 9.46. The zero-order chi connectivity index (χ0) is 12.1.